The van der Waals surface area contributed by atoms with Crippen LogP contribution in [0.25, 0.3) is 0 Å². The highest BCUT2D eigenvalue weighted by Crippen LogP contribution is 2.28. The van der Waals surface area contributed by atoms with Gasteiger partial charge in [-0.15, -0.1) is 0 Å². The number of anilines is 1. The van der Waals surface area contributed by atoms with E-state index < -0.39 is 28.5 Å². The van der Waals surface area contributed by atoms with Crippen LogP contribution < -0.4 is 9.62 Å². The van der Waals surface area contributed by atoms with Crippen LogP contribution in [0.2, 0.25) is 10.0 Å². The molecule has 1 N–H and O–H groups in total. The molecule has 2 aromatic carbocycles. The molecule has 2 amide bonds. The monoisotopic (exact) mass is 527 g/mol. The molecule has 2 aromatic rings. The molecule has 34 heavy (non-hydrogen) atoms. The molecule has 0 bridgehead atoms. The van der Waals surface area contributed by atoms with Gasteiger partial charge < -0.3 is 10.2 Å². The molecular weight excluding hydrogens is 497 g/mol. The molecule has 0 fully saturated rings. The van der Waals surface area contributed by atoms with Crippen molar-refractivity contribution in [3.8, 4) is 0 Å². The molecule has 1 atom stereocenters. The van der Waals surface area contributed by atoms with E-state index in [0.29, 0.717) is 33.4 Å². The lowest BCUT2D eigenvalue weighted by Gasteiger charge is -2.32. The van der Waals surface area contributed by atoms with Crippen molar-refractivity contribution in [1.82, 2.24) is 10.2 Å². The Morgan fingerprint density at radius 2 is 1.71 bits per heavy atom. The van der Waals surface area contributed by atoms with E-state index in [2.05, 4.69) is 5.32 Å². The van der Waals surface area contributed by atoms with Crippen molar-refractivity contribution in [1.29, 1.82) is 0 Å². The van der Waals surface area contributed by atoms with Gasteiger partial charge in [-0.25, -0.2) is 8.42 Å². The summed E-state index contributed by atoms with van der Waals surface area (Å²) in [7, 11) is -3.80. The predicted molar refractivity (Wildman–Crippen MR) is 138 cm³/mol. The minimum atomic E-state index is -3.80. The topological polar surface area (TPSA) is 86.8 Å². The maximum Gasteiger partial charge on any atom is 0.244 e. The summed E-state index contributed by atoms with van der Waals surface area (Å²) < 4.78 is 26.5. The second kappa shape index (κ2) is 11.9. The van der Waals surface area contributed by atoms with Crippen molar-refractivity contribution in [2.45, 2.75) is 46.7 Å². The highest BCUT2D eigenvalue weighted by Gasteiger charge is 2.31. The third kappa shape index (κ3) is 7.10. The molecule has 0 saturated heterocycles. The Kier molecular flexibility index (Phi) is 9.79. The Hall–Kier alpha value is -2.29. The second-order valence-corrected chi connectivity index (χ2v) is 11.0. The Labute approximate surface area is 212 Å². The molecule has 0 aliphatic heterocycles. The van der Waals surface area contributed by atoms with Gasteiger partial charge in [0.2, 0.25) is 21.8 Å². The fourth-order valence-electron chi connectivity index (χ4n) is 3.42. The number of sulfonamides is 1. The second-order valence-electron chi connectivity index (χ2n) is 8.25. The first kappa shape index (κ1) is 28.0. The van der Waals surface area contributed by atoms with Crippen molar-refractivity contribution in [2.24, 2.45) is 0 Å². The molecule has 1 unspecified atom stereocenters. The van der Waals surface area contributed by atoms with Gasteiger partial charge in [0.15, 0.2) is 0 Å². The summed E-state index contributed by atoms with van der Waals surface area (Å²) in [5.41, 5.74) is 2.45. The maximum absolute atomic E-state index is 13.6. The standard InChI is InChI=1S/C24H31Cl2N3O4S/c1-6-12-27-24(31)18(4)28(14-19-20(25)8-7-9-21(19)26)23(30)15-29(34(5,32)33)22-13-16(2)10-11-17(22)3/h7-11,13,18H,6,12,14-15H2,1-5H3,(H,27,31). The highest BCUT2D eigenvalue weighted by atomic mass is 35.5. The number of amides is 2. The fraction of sp³-hybridized carbons (Fsp3) is 0.417. The minimum Gasteiger partial charge on any atom is -0.354 e. The third-order valence-corrected chi connectivity index (χ3v) is 7.25. The molecule has 10 heteroatoms. The average Bonchev–Trinajstić information content (AvgIpc) is 2.76. The van der Waals surface area contributed by atoms with Crippen molar-refractivity contribution >= 4 is 50.7 Å². The van der Waals surface area contributed by atoms with Crippen LogP contribution in [0.15, 0.2) is 36.4 Å². The number of nitrogens with zero attached hydrogens (tertiary/aromatic N) is 2. The summed E-state index contributed by atoms with van der Waals surface area (Å²) in [5, 5.41) is 3.48. The summed E-state index contributed by atoms with van der Waals surface area (Å²) in [6, 6.07) is 9.48. The lowest BCUT2D eigenvalue weighted by Crippen LogP contribution is -2.51. The maximum atomic E-state index is 13.6. The zero-order valence-electron chi connectivity index (χ0n) is 20.1. The summed E-state index contributed by atoms with van der Waals surface area (Å²) in [4.78, 5) is 27.6. The first-order valence-corrected chi connectivity index (χ1v) is 13.5. The molecular formula is C24H31Cl2N3O4S. The van der Waals surface area contributed by atoms with Gasteiger partial charge in [0.25, 0.3) is 0 Å². The summed E-state index contributed by atoms with van der Waals surface area (Å²) in [5.74, 6) is -0.905. The van der Waals surface area contributed by atoms with E-state index in [4.69, 9.17) is 23.2 Å². The first-order valence-electron chi connectivity index (χ1n) is 10.9. The SMILES string of the molecule is CCCNC(=O)C(C)N(Cc1c(Cl)cccc1Cl)C(=O)CN(c1cc(C)ccc1C)S(C)(=O)=O. The number of rotatable bonds is 10. The van der Waals surface area contributed by atoms with Gasteiger partial charge in [0.05, 0.1) is 11.9 Å². The van der Waals surface area contributed by atoms with Crippen LogP contribution in [0.1, 0.15) is 37.0 Å². The molecule has 7 nitrogen and oxygen atoms in total. The Balaban J connectivity index is 2.48. The smallest absolute Gasteiger partial charge is 0.244 e. The van der Waals surface area contributed by atoms with Gasteiger partial charge in [-0.1, -0.05) is 48.3 Å². The van der Waals surface area contributed by atoms with Crippen LogP contribution in [0.4, 0.5) is 5.69 Å². The number of aryl methyl sites for hydroxylation is 2. The van der Waals surface area contributed by atoms with E-state index in [9.17, 15) is 18.0 Å². The highest BCUT2D eigenvalue weighted by molar-refractivity contribution is 7.92. The van der Waals surface area contributed by atoms with Gasteiger partial charge in [0.1, 0.15) is 12.6 Å². The zero-order chi connectivity index (χ0) is 25.6. The molecule has 0 aliphatic carbocycles. The zero-order valence-corrected chi connectivity index (χ0v) is 22.4. The number of nitrogens with one attached hydrogen (secondary N) is 1. The molecule has 0 radical (unpaired) electrons. The van der Waals surface area contributed by atoms with Gasteiger partial charge in [-0.05, 0) is 56.5 Å². The Morgan fingerprint density at radius 3 is 2.26 bits per heavy atom. The normalized spacial score (nSPS) is 12.2. The van der Waals surface area contributed by atoms with Gasteiger partial charge in [-0.3, -0.25) is 13.9 Å². The fourth-order valence-corrected chi connectivity index (χ4v) is 4.83. The van der Waals surface area contributed by atoms with Crippen molar-refractivity contribution < 1.29 is 18.0 Å². The van der Waals surface area contributed by atoms with E-state index in [-0.39, 0.29) is 12.5 Å². The summed E-state index contributed by atoms with van der Waals surface area (Å²) in [6.45, 7) is 7.06. The molecule has 0 aliphatic rings. The van der Waals surface area contributed by atoms with Gasteiger partial charge in [-0.2, -0.15) is 0 Å². The summed E-state index contributed by atoms with van der Waals surface area (Å²) in [6.07, 6.45) is 1.78. The van der Waals surface area contributed by atoms with E-state index in [0.717, 1.165) is 22.5 Å². The number of hydrogen-bond donors (Lipinski definition) is 1. The molecule has 2 rings (SSSR count). The van der Waals surface area contributed by atoms with Crippen molar-refractivity contribution in [3.63, 3.8) is 0 Å². The number of carbonyl (C=O) groups is 2. The molecule has 0 saturated carbocycles. The van der Waals surface area contributed by atoms with E-state index in [1.54, 1.807) is 44.2 Å². The first-order chi connectivity index (χ1) is 15.9. The average molecular weight is 529 g/mol. The van der Waals surface area contributed by atoms with E-state index in [1.165, 1.54) is 4.90 Å². The number of benzene rings is 2. The van der Waals surface area contributed by atoms with E-state index in [1.807, 2.05) is 19.9 Å². The van der Waals surface area contributed by atoms with Crippen LogP contribution in [-0.2, 0) is 26.2 Å². The Bertz CT molecular complexity index is 1130. The lowest BCUT2D eigenvalue weighted by atomic mass is 10.1. The van der Waals surface area contributed by atoms with Gasteiger partial charge >= 0.3 is 0 Å². The molecule has 0 heterocycles. The van der Waals surface area contributed by atoms with E-state index >= 15 is 0 Å². The largest absolute Gasteiger partial charge is 0.354 e. The summed E-state index contributed by atoms with van der Waals surface area (Å²) >= 11 is 12.7. The lowest BCUT2D eigenvalue weighted by molar-refractivity contribution is -0.139. The van der Waals surface area contributed by atoms with Crippen LogP contribution in [0.3, 0.4) is 0 Å². The van der Waals surface area contributed by atoms with Crippen molar-refractivity contribution in [3.05, 3.63) is 63.1 Å². The molecule has 0 spiro atoms. The number of carbonyl (C=O) groups excluding carboxylic acids is 2. The Morgan fingerprint density at radius 1 is 1.09 bits per heavy atom. The third-order valence-electron chi connectivity index (χ3n) is 5.42. The van der Waals surface area contributed by atoms with Crippen LogP contribution in [-0.4, -0.2) is 50.5 Å². The predicted octanol–water partition coefficient (Wildman–Crippen LogP) is 4.32. The quantitative estimate of drug-likeness (QED) is 0.498. The molecule has 0 aromatic heterocycles. The van der Waals surface area contributed by atoms with Crippen LogP contribution in [0.5, 0.6) is 0 Å². The number of hydrogen-bond acceptors (Lipinski definition) is 4. The van der Waals surface area contributed by atoms with Crippen LogP contribution >= 0.6 is 23.2 Å². The number of halogens is 2. The van der Waals surface area contributed by atoms with Crippen LogP contribution in [0, 0.1) is 13.8 Å². The minimum absolute atomic E-state index is 0.0531. The molecule has 186 valence electrons. The van der Waals surface area contributed by atoms with Gasteiger partial charge in [0, 0.05) is 28.7 Å². The van der Waals surface area contributed by atoms with Crippen molar-refractivity contribution in [2.75, 3.05) is 23.7 Å².